The fraction of sp³-hybridized carbons (Fsp3) is 0.643. The van der Waals surface area contributed by atoms with Gasteiger partial charge in [-0.2, -0.15) is 0 Å². The zero-order valence-electron chi connectivity index (χ0n) is 13.0. The van der Waals surface area contributed by atoms with E-state index < -0.39 is 48.6 Å². The minimum Gasteiger partial charge on any atom is -0.463 e. The van der Waals surface area contributed by atoms with Crippen molar-refractivity contribution in [1.29, 1.82) is 0 Å². The van der Waals surface area contributed by atoms with E-state index in [1.165, 1.54) is 20.8 Å². The molecule has 0 saturated carbocycles. The van der Waals surface area contributed by atoms with Gasteiger partial charge in [-0.3, -0.25) is 14.4 Å². The minimum atomic E-state index is -1.02. The minimum absolute atomic E-state index is 0.00753. The first-order valence-electron chi connectivity index (χ1n) is 6.93. The normalized spacial score (nSPS) is 32.1. The van der Waals surface area contributed by atoms with Crippen molar-refractivity contribution in [2.24, 2.45) is 0 Å². The average molecular weight is 330 g/mol. The number of carbonyl (C=O) groups is 3. The second-order valence-electron chi connectivity index (χ2n) is 5.07. The van der Waals surface area contributed by atoms with E-state index in [0.717, 1.165) is 0 Å². The smallest absolute Gasteiger partial charge is 0.303 e. The Labute approximate surface area is 132 Å². The van der Waals surface area contributed by atoms with Gasteiger partial charge < -0.3 is 28.4 Å². The van der Waals surface area contributed by atoms with Crippen molar-refractivity contribution in [3.8, 4) is 0 Å². The van der Waals surface area contributed by atoms with E-state index in [-0.39, 0.29) is 12.6 Å². The molecule has 0 N–H and O–H groups in total. The Bertz CT molecular complexity index is 514. The van der Waals surface area contributed by atoms with Crippen LogP contribution in [-0.2, 0) is 42.8 Å². The summed E-state index contributed by atoms with van der Waals surface area (Å²) >= 11 is 0. The highest BCUT2D eigenvalue weighted by Gasteiger charge is 2.55. The second-order valence-corrected chi connectivity index (χ2v) is 5.07. The topological polar surface area (TPSA) is 107 Å². The van der Waals surface area contributed by atoms with Gasteiger partial charge in [-0.05, 0) is 6.58 Å². The van der Waals surface area contributed by atoms with Gasteiger partial charge in [0, 0.05) is 20.8 Å². The lowest BCUT2D eigenvalue weighted by molar-refractivity contribution is -0.262. The fourth-order valence-corrected chi connectivity index (χ4v) is 2.40. The van der Waals surface area contributed by atoms with Crippen LogP contribution in [-0.4, -0.2) is 55.2 Å². The summed E-state index contributed by atoms with van der Waals surface area (Å²) in [5, 5.41) is 0. The summed E-state index contributed by atoms with van der Waals surface area (Å²) in [7, 11) is 0. The number of hydrogen-bond donors (Lipinski definition) is 0. The second kappa shape index (κ2) is 6.86. The van der Waals surface area contributed by atoms with Crippen LogP contribution in [0.4, 0.5) is 0 Å². The maximum absolute atomic E-state index is 11.4. The Balaban J connectivity index is 2.25. The van der Waals surface area contributed by atoms with E-state index in [9.17, 15) is 14.4 Å². The molecule has 2 aliphatic heterocycles. The summed E-state index contributed by atoms with van der Waals surface area (Å²) in [6.07, 6.45) is -4.66. The molecule has 0 aromatic heterocycles. The lowest BCUT2D eigenvalue weighted by Gasteiger charge is -2.40. The molecule has 2 heterocycles. The van der Waals surface area contributed by atoms with E-state index in [2.05, 4.69) is 6.58 Å². The Hall–Kier alpha value is -2.29. The number of rotatable bonds is 4. The van der Waals surface area contributed by atoms with Crippen LogP contribution < -0.4 is 0 Å². The molecule has 0 aromatic rings. The first-order chi connectivity index (χ1) is 10.8. The summed E-state index contributed by atoms with van der Waals surface area (Å²) in [6, 6.07) is 0. The summed E-state index contributed by atoms with van der Waals surface area (Å²) in [4.78, 5) is 33.8. The third-order valence-electron chi connectivity index (χ3n) is 3.16. The quantitative estimate of drug-likeness (QED) is 0.521. The van der Waals surface area contributed by atoms with Crippen LogP contribution in [0.3, 0.4) is 0 Å². The number of fused-ring (bicyclic) bond motifs is 1. The van der Waals surface area contributed by atoms with Crippen molar-refractivity contribution < 1.29 is 42.8 Å². The Morgan fingerprint density at radius 1 is 1.00 bits per heavy atom. The molecule has 0 aromatic carbocycles. The van der Waals surface area contributed by atoms with Crippen LogP contribution in [0.1, 0.15) is 20.8 Å². The van der Waals surface area contributed by atoms with E-state index in [1.54, 1.807) is 0 Å². The van der Waals surface area contributed by atoms with Crippen LogP contribution in [0.5, 0.6) is 0 Å². The molecular formula is C14H18O9. The van der Waals surface area contributed by atoms with Gasteiger partial charge in [0.2, 0.25) is 12.4 Å². The summed E-state index contributed by atoms with van der Waals surface area (Å²) < 4.78 is 31.5. The van der Waals surface area contributed by atoms with Gasteiger partial charge in [-0.1, -0.05) is 0 Å². The van der Waals surface area contributed by atoms with E-state index in [0.29, 0.717) is 0 Å². The molecule has 128 valence electrons. The molecular weight excluding hydrogens is 312 g/mol. The maximum Gasteiger partial charge on any atom is 0.303 e. The lowest BCUT2D eigenvalue weighted by atomic mass is 9.98. The molecule has 0 aliphatic carbocycles. The van der Waals surface area contributed by atoms with Crippen LogP contribution in [0.15, 0.2) is 12.5 Å². The number of ether oxygens (including phenoxy) is 6. The van der Waals surface area contributed by atoms with Crippen LogP contribution in [0.2, 0.25) is 0 Å². The Morgan fingerprint density at radius 3 is 2.17 bits per heavy atom. The van der Waals surface area contributed by atoms with Crippen molar-refractivity contribution in [1.82, 2.24) is 0 Å². The molecule has 0 radical (unpaired) electrons. The third kappa shape index (κ3) is 4.13. The highest BCUT2D eigenvalue weighted by Crippen LogP contribution is 2.35. The van der Waals surface area contributed by atoms with Crippen LogP contribution >= 0.6 is 0 Å². The van der Waals surface area contributed by atoms with E-state index in [1.807, 2.05) is 0 Å². The van der Waals surface area contributed by atoms with Crippen molar-refractivity contribution >= 4 is 17.9 Å². The molecule has 2 fully saturated rings. The van der Waals surface area contributed by atoms with Gasteiger partial charge in [0.05, 0.1) is 0 Å². The van der Waals surface area contributed by atoms with Crippen molar-refractivity contribution in [2.45, 2.75) is 51.5 Å². The largest absolute Gasteiger partial charge is 0.463 e. The molecule has 0 bridgehead atoms. The zero-order chi connectivity index (χ0) is 17.1. The first kappa shape index (κ1) is 17.1. The molecule has 2 saturated heterocycles. The molecule has 23 heavy (non-hydrogen) atoms. The zero-order valence-corrected chi connectivity index (χ0v) is 13.0. The van der Waals surface area contributed by atoms with Gasteiger partial charge in [-0.15, -0.1) is 0 Å². The predicted molar refractivity (Wildman–Crippen MR) is 71.5 cm³/mol. The highest BCUT2D eigenvalue weighted by molar-refractivity contribution is 5.67. The van der Waals surface area contributed by atoms with Gasteiger partial charge >= 0.3 is 17.9 Å². The van der Waals surface area contributed by atoms with E-state index >= 15 is 0 Å². The fourth-order valence-electron chi connectivity index (χ4n) is 2.40. The van der Waals surface area contributed by atoms with Gasteiger partial charge in [0.15, 0.2) is 12.2 Å². The molecule has 9 heteroatoms. The lowest BCUT2D eigenvalue weighted by Crippen LogP contribution is -2.60. The third-order valence-corrected chi connectivity index (χ3v) is 3.16. The number of hydrogen-bond acceptors (Lipinski definition) is 9. The van der Waals surface area contributed by atoms with Gasteiger partial charge in [0.25, 0.3) is 5.95 Å². The van der Waals surface area contributed by atoms with Crippen molar-refractivity contribution in [3.05, 3.63) is 12.5 Å². The summed E-state index contributed by atoms with van der Waals surface area (Å²) in [5.41, 5.74) is 0. The molecule has 5 atom stereocenters. The Kier molecular flexibility index (Phi) is 5.09. The van der Waals surface area contributed by atoms with E-state index in [4.69, 9.17) is 28.4 Å². The average Bonchev–Trinajstić information content (AvgIpc) is 2.78. The summed E-state index contributed by atoms with van der Waals surface area (Å²) in [5.74, 6) is -1.75. The Morgan fingerprint density at radius 2 is 1.61 bits per heavy atom. The molecule has 2 aliphatic rings. The predicted octanol–water partition coefficient (Wildman–Crippen LogP) is 0.0244. The van der Waals surface area contributed by atoms with Crippen molar-refractivity contribution in [3.63, 3.8) is 0 Å². The standard InChI is InChI=1S/C14H18O9/c1-6(15)18-5-10-11(19-7(2)16)12(20-8(3)17)13-14(23-10)22-9(4)21-13/h10-14H,4-5H2,1-3H3/t10-,11-,12+,13-,14-/m1/s1. The number of carbonyl (C=O) groups excluding carboxylic acids is 3. The first-order valence-corrected chi connectivity index (χ1v) is 6.93. The highest BCUT2D eigenvalue weighted by atomic mass is 16.8. The molecule has 2 rings (SSSR count). The van der Waals surface area contributed by atoms with Gasteiger partial charge in [-0.25, -0.2) is 0 Å². The van der Waals surface area contributed by atoms with Gasteiger partial charge in [0.1, 0.15) is 12.7 Å². The summed E-state index contributed by atoms with van der Waals surface area (Å²) in [6.45, 7) is 6.95. The monoisotopic (exact) mass is 330 g/mol. The van der Waals surface area contributed by atoms with Crippen LogP contribution in [0, 0.1) is 0 Å². The number of esters is 3. The SMILES string of the molecule is C=C1O[C@@H]2O[C@H](COC(C)=O)[C@@H](OC(C)=O)[C@H](OC(C)=O)[C@H]2O1. The van der Waals surface area contributed by atoms with Crippen molar-refractivity contribution in [2.75, 3.05) is 6.61 Å². The van der Waals surface area contributed by atoms with Crippen LogP contribution in [0.25, 0.3) is 0 Å². The maximum atomic E-state index is 11.4. The molecule has 0 amide bonds. The molecule has 0 unspecified atom stereocenters. The molecule has 9 nitrogen and oxygen atoms in total. The molecule has 0 spiro atoms.